The molecule has 0 aromatic heterocycles. The molecule has 1 unspecified atom stereocenters. The second kappa shape index (κ2) is 10.6. The number of amides is 1. The van der Waals surface area contributed by atoms with Gasteiger partial charge in [-0.1, -0.05) is 42.5 Å². The molecule has 2 heterocycles. The first-order valence-electron chi connectivity index (χ1n) is 11.5. The lowest BCUT2D eigenvalue weighted by molar-refractivity contribution is -0.141. The molecule has 5 nitrogen and oxygen atoms in total. The zero-order valence-corrected chi connectivity index (χ0v) is 18.1. The van der Waals surface area contributed by atoms with Crippen molar-refractivity contribution in [1.29, 1.82) is 0 Å². The van der Waals surface area contributed by atoms with Gasteiger partial charge in [-0.15, -0.1) is 0 Å². The molecule has 2 saturated heterocycles. The van der Waals surface area contributed by atoms with E-state index in [9.17, 15) is 9.59 Å². The predicted octanol–water partition coefficient (Wildman–Crippen LogP) is 3.87. The number of hydrogen-bond acceptors (Lipinski definition) is 4. The van der Waals surface area contributed by atoms with E-state index in [1.54, 1.807) is 12.1 Å². The van der Waals surface area contributed by atoms with Gasteiger partial charge in [-0.3, -0.25) is 9.59 Å². The summed E-state index contributed by atoms with van der Waals surface area (Å²) in [5.74, 6) is 1.17. The standard InChI is InChI=1S/C26H32N2O3/c29-25(21-5-2-1-3-6-21)19-31-24-12-9-20(10-13-24)8-11-22-7-4-18-28(26(22)30)23-14-16-27-17-15-23/h1-3,5-6,9-10,12-13,22-23,27H,4,7-8,11,14-19H2. The van der Waals surface area contributed by atoms with Crippen LogP contribution in [0.15, 0.2) is 54.6 Å². The van der Waals surface area contributed by atoms with Crippen LogP contribution in [0.5, 0.6) is 5.75 Å². The average Bonchev–Trinajstić information content (AvgIpc) is 2.83. The summed E-state index contributed by atoms with van der Waals surface area (Å²) in [4.78, 5) is 27.4. The Kier molecular flexibility index (Phi) is 7.36. The first-order valence-corrected chi connectivity index (χ1v) is 11.5. The van der Waals surface area contributed by atoms with Gasteiger partial charge in [0, 0.05) is 24.1 Å². The molecule has 2 aliphatic rings. The van der Waals surface area contributed by atoms with Crippen molar-refractivity contribution in [3.63, 3.8) is 0 Å². The van der Waals surface area contributed by atoms with Gasteiger partial charge in [0.05, 0.1) is 0 Å². The number of carbonyl (C=O) groups excluding carboxylic acids is 2. The highest BCUT2D eigenvalue weighted by atomic mass is 16.5. The van der Waals surface area contributed by atoms with Gasteiger partial charge in [0.1, 0.15) is 5.75 Å². The molecule has 1 atom stereocenters. The van der Waals surface area contributed by atoms with Gasteiger partial charge in [0.2, 0.25) is 5.91 Å². The number of aryl methyl sites for hydroxylation is 1. The minimum Gasteiger partial charge on any atom is -0.485 e. The lowest BCUT2D eigenvalue weighted by Crippen LogP contribution is -2.50. The summed E-state index contributed by atoms with van der Waals surface area (Å²) in [6.45, 7) is 3.00. The molecule has 2 aliphatic heterocycles. The van der Waals surface area contributed by atoms with Crippen LogP contribution < -0.4 is 10.1 Å². The molecule has 2 aromatic rings. The second-order valence-electron chi connectivity index (χ2n) is 8.61. The Morgan fingerprint density at radius 2 is 1.74 bits per heavy atom. The number of ketones is 1. The fraction of sp³-hybridized carbons (Fsp3) is 0.462. The molecule has 0 saturated carbocycles. The van der Waals surface area contributed by atoms with E-state index >= 15 is 0 Å². The normalized spacial score (nSPS) is 19.9. The van der Waals surface area contributed by atoms with Crippen LogP contribution in [-0.4, -0.2) is 48.9 Å². The third-order valence-corrected chi connectivity index (χ3v) is 6.50. The fourth-order valence-corrected chi connectivity index (χ4v) is 4.67. The predicted molar refractivity (Wildman–Crippen MR) is 121 cm³/mol. The minimum atomic E-state index is -0.0289. The largest absolute Gasteiger partial charge is 0.485 e. The maximum Gasteiger partial charge on any atom is 0.225 e. The van der Waals surface area contributed by atoms with Crippen molar-refractivity contribution >= 4 is 11.7 Å². The van der Waals surface area contributed by atoms with Crippen LogP contribution in [0.3, 0.4) is 0 Å². The SMILES string of the molecule is O=C(COc1ccc(CCC2CCCN(C3CCNCC3)C2=O)cc1)c1ccccc1. The van der Waals surface area contributed by atoms with Crippen molar-refractivity contribution in [2.45, 2.75) is 44.6 Å². The van der Waals surface area contributed by atoms with Gasteiger partial charge >= 0.3 is 0 Å². The van der Waals surface area contributed by atoms with Gasteiger partial charge in [0.15, 0.2) is 12.4 Å². The summed E-state index contributed by atoms with van der Waals surface area (Å²) in [7, 11) is 0. The number of nitrogens with zero attached hydrogens (tertiary/aromatic N) is 1. The van der Waals surface area contributed by atoms with Crippen LogP contribution in [0.4, 0.5) is 0 Å². The highest BCUT2D eigenvalue weighted by Crippen LogP contribution is 2.27. The quantitative estimate of drug-likeness (QED) is 0.659. The summed E-state index contributed by atoms with van der Waals surface area (Å²) in [6.07, 6.45) is 6.05. The van der Waals surface area contributed by atoms with Gasteiger partial charge in [-0.05, 0) is 69.3 Å². The van der Waals surface area contributed by atoms with E-state index < -0.39 is 0 Å². The minimum absolute atomic E-state index is 0.0289. The molecule has 1 amide bonds. The molecule has 2 fully saturated rings. The maximum atomic E-state index is 13.0. The molecule has 0 spiro atoms. The van der Waals surface area contributed by atoms with E-state index in [1.165, 1.54) is 5.56 Å². The Labute approximate surface area is 184 Å². The number of hydrogen-bond donors (Lipinski definition) is 1. The van der Waals surface area contributed by atoms with Crippen molar-refractivity contribution in [2.75, 3.05) is 26.2 Å². The molecule has 2 aromatic carbocycles. The van der Waals surface area contributed by atoms with Crippen LogP contribution in [0.2, 0.25) is 0 Å². The van der Waals surface area contributed by atoms with Crippen LogP contribution in [0.1, 0.15) is 48.0 Å². The second-order valence-corrected chi connectivity index (χ2v) is 8.61. The first kappa shape index (κ1) is 21.6. The third kappa shape index (κ3) is 5.73. The van der Waals surface area contributed by atoms with Gasteiger partial charge in [-0.25, -0.2) is 0 Å². The average molecular weight is 421 g/mol. The molecule has 31 heavy (non-hydrogen) atoms. The monoisotopic (exact) mass is 420 g/mol. The topological polar surface area (TPSA) is 58.6 Å². The van der Waals surface area contributed by atoms with Gasteiger partial charge in [-0.2, -0.15) is 0 Å². The van der Waals surface area contributed by atoms with Crippen LogP contribution in [0, 0.1) is 5.92 Å². The van der Waals surface area contributed by atoms with Gasteiger partial charge < -0.3 is 15.0 Å². The first-order chi connectivity index (χ1) is 15.2. The lowest BCUT2D eigenvalue weighted by atomic mass is 9.89. The molecule has 0 radical (unpaired) electrons. The van der Waals surface area contributed by atoms with Crippen molar-refractivity contribution in [1.82, 2.24) is 10.2 Å². The molecule has 164 valence electrons. The number of likely N-dealkylation sites (tertiary alicyclic amines) is 1. The molecular formula is C26H32N2O3. The third-order valence-electron chi connectivity index (χ3n) is 6.50. The van der Waals surface area contributed by atoms with E-state index in [4.69, 9.17) is 4.74 Å². The van der Waals surface area contributed by atoms with Crippen LogP contribution in [0.25, 0.3) is 0 Å². The summed E-state index contributed by atoms with van der Waals surface area (Å²) < 4.78 is 5.65. The van der Waals surface area contributed by atoms with E-state index in [0.717, 1.165) is 58.2 Å². The van der Waals surface area contributed by atoms with Gasteiger partial charge in [0.25, 0.3) is 0 Å². The van der Waals surface area contributed by atoms with Crippen molar-refractivity contribution < 1.29 is 14.3 Å². The summed E-state index contributed by atoms with van der Waals surface area (Å²) in [5, 5.41) is 3.39. The highest BCUT2D eigenvalue weighted by Gasteiger charge is 2.33. The number of benzene rings is 2. The summed E-state index contributed by atoms with van der Waals surface area (Å²) >= 11 is 0. The van der Waals surface area contributed by atoms with Crippen molar-refractivity contribution in [3.8, 4) is 5.75 Å². The van der Waals surface area contributed by atoms with Crippen molar-refractivity contribution in [2.24, 2.45) is 5.92 Å². The maximum absolute atomic E-state index is 13.0. The fourth-order valence-electron chi connectivity index (χ4n) is 4.67. The highest BCUT2D eigenvalue weighted by molar-refractivity contribution is 5.97. The Hall–Kier alpha value is -2.66. The van der Waals surface area contributed by atoms with Crippen molar-refractivity contribution in [3.05, 3.63) is 65.7 Å². The lowest BCUT2D eigenvalue weighted by Gasteiger charge is -2.40. The number of Topliss-reactive ketones (excluding diaryl/α,β-unsaturated/α-hetero) is 1. The molecule has 1 N–H and O–H groups in total. The van der Waals surface area contributed by atoms with Crippen LogP contribution in [-0.2, 0) is 11.2 Å². The van der Waals surface area contributed by atoms with Crippen LogP contribution >= 0.6 is 0 Å². The van der Waals surface area contributed by atoms with E-state index in [0.29, 0.717) is 23.3 Å². The number of rotatable bonds is 8. The summed E-state index contributed by atoms with van der Waals surface area (Å²) in [6, 6.07) is 17.5. The van der Waals surface area contributed by atoms with E-state index in [1.807, 2.05) is 42.5 Å². The molecule has 4 rings (SSSR count). The van der Waals surface area contributed by atoms with E-state index in [-0.39, 0.29) is 18.3 Å². The Morgan fingerprint density at radius 3 is 2.48 bits per heavy atom. The molecule has 5 heteroatoms. The number of ether oxygens (including phenoxy) is 1. The zero-order chi connectivity index (χ0) is 21.5. The Morgan fingerprint density at radius 1 is 1.00 bits per heavy atom. The summed E-state index contributed by atoms with van der Waals surface area (Å²) in [5.41, 5.74) is 1.86. The number of nitrogens with one attached hydrogen (secondary N) is 1. The molecule has 0 bridgehead atoms. The molecular weight excluding hydrogens is 388 g/mol. The Balaban J connectivity index is 1.25. The number of piperidine rings is 2. The smallest absolute Gasteiger partial charge is 0.225 e. The van der Waals surface area contributed by atoms with E-state index in [2.05, 4.69) is 10.2 Å². The Bertz CT molecular complexity index is 860. The number of carbonyl (C=O) groups is 2. The zero-order valence-electron chi connectivity index (χ0n) is 18.1. The molecule has 0 aliphatic carbocycles.